The number of carboxylic acid groups (broad SMARTS) is 1. The van der Waals surface area contributed by atoms with Crippen molar-refractivity contribution in [3.63, 3.8) is 0 Å². The summed E-state index contributed by atoms with van der Waals surface area (Å²) in [5, 5.41) is 9.84. The average Bonchev–Trinajstić information content (AvgIpc) is 2.68. The molecule has 2 aromatic rings. The minimum Gasteiger partial charge on any atom is -0.481 e. The first kappa shape index (κ1) is 23.7. The van der Waals surface area contributed by atoms with Crippen LogP contribution < -0.4 is 0 Å². The molecule has 0 amide bonds. The standard InChI is InChI=1S/C23H29ClN2O4S/c1-16-4-9-22(12-20(16)13-23(27)28)31(29,30)26-17(2)14-25(15-18(26)3)11-10-19-5-7-21(24)8-6-19/h4-9,12,17-18H,10-11,13-15H2,1-3H3,(H,27,28)/t17-,18?/m0/s1. The van der Waals surface area contributed by atoms with E-state index in [4.69, 9.17) is 16.7 Å². The van der Waals surface area contributed by atoms with Crippen LogP contribution in [0.25, 0.3) is 0 Å². The molecule has 1 aliphatic rings. The molecule has 0 aromatic heterocycles. The number of aryl methyl sites for hydroxylation is 1. The lowest BCUT2D eigenvalue weighted by Gasteiger charge is -2.43. The van der Waals surface area contributed by atoms with Crippen molar-refractivity contribution < 1.29 is 18.3 Å². The number of rotatable bonds is 7. The van der Waals surface area contributed by atoms with Gasteiger partial charge in [0.1, 0.15) is 0 Å². The Morgan fingerprint density at radius 2 is 1.71 bits per heavy atom. The average molecular weight is 465 g/mol. The first-order valence-corrected chi connectivity index (χ1v) is 12.2. The van der Waals surface area contributed by atoms with Crippen molar-refractivity contribution in [3.8, 4) is 0 Å². The zero-order valence-electron chi connectivity index (χ0n) is 18.1. The number of benzene rings is 2. The Morgan fingerprint density at radius 3 is 2.29 bits per heavy atom. The van der Waals surface area contributed by atoms with Crippen molar-refractivity contribution in [1.82, 2.24) is 9.21 Å². The molecule has 1 aliphatic heterocycles. The second-order valence-corrected chi connectivity index (χ2v) is 10.6. The van der Waals surface area contributed by atoms with Crippen molar-refractivity contribution >= 4 is 27.6 Å². The first-order chi connectivity index (χ1) is 14.6. The first-order valence-electron chi connectivity index (χ1n) is 10.4. The number of sulfonamides is 1. The minimum absolute atomic E-state index is 0.155. The van der Waals surface area contributed by atoms with Crippen LogP contribution in [0.2, 0.25) is 5.02 Å². The molecule has 0 aliphatic carbocycles. The SMILES string of the molecule is Cc1ccc(S(=O)(=O)N2C(C)CN(CCc3ccc(Cl)cc3)C[C@@H]2C)cc1CC(=O)O. The predicted molar refractivity (Wildman–Crippen MR) is 122 cm³/mol. The summed E-state index contributed by atoms with van der Waals surface area (Å²) in [5.74, 6) is -0.978. The molecule has 0 saturated carbocycles. The highest BCUT2D eigenvalue weighted by Gasteiger charge is 2.38. The highest BCUT2D eigenvalue weighted by molar-refractivity contribution is 7.89. The van der Waals surface area contributed by atoms with Crippen molar-refractivity contribution in [1.29, 1.82) is 0 Å². The summed E-state index contributed by atoms with van der Waals surface area (Å²) in [6.45, 7) is 7.77. The topological polar surface area (TPSA) is 77.9 Å². The Kier molecular flexibility index (Phi) is 7.42. The molecule has 1 unspecified atom stereocenters. The van der Waals surface area contributed by atoms with Gasteiger partial charge >= 0.3 is 5.97 Å². The van der Waals surface area contributed by atoms with Gasteiger partial charge in [0.15, 0.2) is 0 Å². The number of hydrogen-bond donors (Lipinski definition) is 1. The van der Waals surface area contributed by atoms with Gasteiger partial charge in [-0.1, -0.05) is 29.8 Å². The maximum Gasteiger partial charge on any atom is 0.307 e. The van der Waals surface area contributed by atoms with Crippen LogP contribution in [0.5, 0.6) is 0 Å². The summed E-state index contributed by atoms with van der Waals surface area (Å²) >= 11 is 5.95. The van der Waals surface area contributed by atoms with Gasteiger partial charge < -0.3 is 5.11 Å². The Bertz CT molecular complexity index is 1030. The van der Waals surface area contributed by atoms with Crippen LogP contribution in [0.1, 0.15) is 30.5 Å². The number of nitrogens with zero attached hydrogens (tertiary/aromatic N) is 2. The van der Waals surface area contributed by atoms with Crippen LogP contribution in [0.3, 0.4) is 0 Å². The van der Waals surface area contributed by atoms with E-state index in [1.165, 1.54) is 11.6 Å². The summed E-state index contributed by atoms with van der Waals surface area (Å²) in [4.78, 5) is 13.6. The smallest absolute Gasteiger partial charge is 0.307 e. The lowest BCUT2D eigenvalue weighted by atomic mass is 10.1. The van der Waals surface area contributed by atoms with Crippen LogP contribution in [-0.4, -0.2) is 60.4 Å². The van der Waals surface area contributed by atoms with E-state index in [1.54, 1.807) is 23.4 Å². The van der Waals surface area contributed by atoms with Crippen LogP contribution in [0.4, 0.5) is 0 Å². The number of piperazine rings is 1. The second kappa shape index (κ2) is 9.69. The van der Waals surface area contributed by atoms with Crippen LogP contribution in [-0.2, 0) is 27.7 Å². The highest BCUT2D eigenvalue weighted by atomic mass is 35.5. The molecular weight excluding hydrogens is 436 g/mol. The third kappa shape index (κ3) is 5.66. The lowest BCUT2D eigenvalue weighted by molar-refractivity contribution is -0.136. The van der Waals surface area contributed by atoms with Crippen LogP contribution >= 0.6 is 11.6 Å². The van der Waals surface area contributed by atoms with E-state index >= 15 is 0 Å². The monoisotopic (exact) mass is 464 g/mol. The summed E-state index contributed by atoms with van der Waals surface area (Å²) in [6.07, 6.45) is 0.679. The van der Waals surface area contributed by atoms with E-state index in [-0.39, 0.29) is 23.4 Å². The van der Waals surface area contributed by atoms with E-state index in [1.807, 2.05) is 38.1 Å². The number of carboxylic acids is 1. The largest absolute Gasteiger partial charge is 0.481 e. The van der Waals surface area contributed by atoms with Crippen molar-refractivity contribution in [3.05, 3.63) is 64.2 Å². The fraction of sp³-hybridized carbons (Fsp3) is 0.435. The van der Waals surface area contributed by atoms with Crippen LogP contribution in [0, 0.1) is 6.92 Å². The fourth-order valence-electron chi connectivity index (χ4n) is 4.30. The molecule has 2 atom stereocenters. The molecule has 168 valence electrons. The van der Waals surface area contributed by atoms with Gasteiger partial charge in [-0.25, -0.2) is 8.42 Å². The van der Waals surface area contributed by atoms with Gasteiger partial charge in [-0.3, -0.25) is 9.69 Å². The lowest BCUT2D eigenvalue weighted by Crippen LogP contribution is -2.58. The molecule has 1 N–H and O–H groups in total. The maximum absolute atomic E-state index is 13.4. The maximum atomic E-state index is 13.4. The Hall–Kier alpha value is -1.93. The highest BCUT2D eigenvalue weighted by Crippen LogP contribution is 2.27. The molecule has 3 rings (SSSR count). The molecule has 6 nitrogen and oxygen atoms in total. The summed E-state index contributed by atoms with van der Waals surface area (Å²) in [6, 6.07) is 12.2. The summed E-state index contributed by atoms with van der Waals surface area (Å²) in [5.41, 5.74) is 2.50. The van der Waals surface area contributed by atoms with E-state index in [0.717, 1.165) is 18.5 Å². The fourth-order valence-corrected chi connectivity index (χ4v) is 6.28. The molecule has 0 spiro atoms. The quantitative estimate of drug-likeness (QED) is 0.677. The molecule has 2 aromatic carbocycles. The van der Waals surface area contributed by atoms with Gasteiger partial charge in [0.25, 0.3) is 0 Å². The van der Waals surface area contributed by atoms with Gasteiger partial charge in [-0.05, 0) is 68.1 Å². The molecule has 8 heteroatoms. The predicted octanol–water partition coefficient (Wildman–Crippen LogP) is 3.60. The van der Waals surface area contributed by atoms with E-state index < -0.39 is 16.0 Å². The van der Waals surface area contributed by atoms with E-state index in [2.05, 4.69) is 4.90 Å². The normalized spacial score (nSPS) is 20.6. The Balaban J connectivity index is 1.73. The Labute approximate surface area is 189 Å². The second-order valence-electron chi connectivity index (χ2n) is 8.33. The summed E-state index contributed by atoms with van der Waals surface area (Å²) in [7, 11) is -3.73. The van der Waals surface area contributed by atoms with Gasteiger partial charge in [0.2, 0.25) is 10.0 Å². The molecular formula is C23H29ClN2O4S. The third-order valence-corrected chi connectivity index (χ3v) is 8.16. The van der Waals surface area contributed by atoms with Crippen LogP contribution in [0.15, 0.2) is 47.4 Å². The van der Waals surface area contributed by atoms with E-state index in [9.17, 15) is 13.2 Å². The molecule has 0 bridgehead atoms. The number of carbonyl (C=O) groups is 1. The van der Waals surface area contributed by atoms with Gasteiger partial charge in [0, 0.05) is 36.7 Å². The number of hydrogen-bond acceptors (Lipinski definition) is 4. The zero-order chi connectivity index (χ0) is 22.8. The van der Waals surface area contributed by atoms with Gasteiger partial charge in [0.05, 0.1) is 11.3 Å². The van der Waals surface area contributed by atoms with Crippen molar-refractivity contribution in [2.75, 3.05) is 19.6 Å². The minimum atomic E-state index is -3.73. The number of halogens is 1. The molecule has 0 radical (unpaired) electrons. The van der Waals surface area contributed by atoms with E-state index in [0.29, 0.717) is 23.7 Å². The van der Waals surface area contributed by atoms with Crippen molar-refractivity contribution in [2.45, 2.75) is 50.6 Å². The number of aliphatic carboxylic acids is 1. The molecule has 1 fully saturated rings. The van der Waals surface area contributed by atoms with Gasteiger partial charge in [-0.2, -0.15) is 4.31 Å². The molecule has 1 heterocycles. The van der Waals surface area contributed by atoms with Gasteiger partial charge in [-0.15, -0.1) is 0 Å². The molecule has 1 saturated heterocycles. The Morgan fingerprint density at radius 1 is 1.10 bits per heavy atom. The van der Waals surface area contributed by atoms with Crippen molar-refractivity contribution in [2.24, 2.45) is 0 Å². The summed E-state index contributed by atoms with van der Waals surface area (Å²) < 4.78 is 28.4. The molecule has 31 heavy (non-hydrogen) atoms. The third-order valence-electron chi connectivity index (χ3n) is 5.78. The zero-order valence-corrected chi connectivity index (χ0v) is 19.7.